The first-order chi connectivity index (χ1) is 9.33. The van der Waals surface area contributed by atoms with Crippen LogP contribution >= 0.6 is 11.8 Å². The van der Waals surface area contributed by atoms with Crippen LogP contribution in [0, 0.1) is 0 Å². The zero-order chi connectivity index (χ0) is 13.1. The summed E-state index contributed by atoms with van der Waals surface area (Å²) in [5, 5.41) is 6.57. The predicted molar refractivity (Wildman–Crippen MR) is 79.5 cm³/mol. The van der Waals surface area contributed by atoms with Crippen LogP contribution in [0.4, 0.5) is 0 Å². The molecule has 0 aromatic heterocycles. The summed E-state index contributed by atoms with van der Waals surface area (Å²) in [4.78, 5) is 12.0. The zero-order valence-electron chi connectivity index (χ0n) is 11.0. The molecule has 1 heterocycles. The van der Waals surface area contributed by atoms with E-state index in [4.69, 9.17) is 0 Å². The normalized spacial score (nSPS) is 29.8. The van der Waals surface area contributed by atoms with E-state index < -0.39 is 0 Å². The fourth-order valence-electron chi connectivity index (χ4n) is 2.66. The standard InChI is InChI=1S/C15H20N2OS/c18-15(8-12-10-19-7-6-16-12)17-14-9-13(14)11-4-2-1-3-5-11/h1-5,12-14,16H,6-10H2,(H,17,18). The Bertz CT molecular complexity index is 431. The van der Waals surface area contributed by atoms with Crippen molar-refractivity contribution in [2.45, 2.75) is 30.8 Å². The summed E-state index contributed by atoms with van der Waals surface area (Å²) in [7, 11) is 0. The van der Waals surface area contributed by atoms with E-state index in [1.165, 1.54) is 5.56 Å². The van der Waals surface area contributed by atoms with Crippen molar-refractivity contribution in [3.8, 4) is 0 Å². The number of thioether (sulfide) groups is 1. The summed E-state index contributed by atoms with van der Waals surface area (Å²) in [6.07, 6.45) is 1.70. The number of amides is 1. The van der Waals surface area contributed by atoms with E-state index >= 15 is 0 Å². The van der Waals surface area contributed by atoms with Crippen LogP contribution in [0.2, 0.25) is 0 Å². The molecular weight excluding hydrogens is 256 g/mol. The maximum absolute atomic E-state index is 12.0. The molecule has 4 heteroatoms. The van der Waals surface area contributed by atoms with Gasteiger partial charge in [-0.25, -0.2) is 0 Å². The molecule has 1 aromatic rings. The number of hydrogen-bond acceptors (Lipinski definition) is 3. The Kier molecular flexibility index (Phi) is 4.09. The molecule has 1 aliphatic heterocycles. The molecule has 19 heavy (non-hydrogen) atoms. The average Bonchev–Trinajstić information content (AvgIpc) is 3.20. The van der Waals surface area contributed by atoms with Gasteiger partial charge >= 0.3 is 0 Å². The van der Waals surface area contributed by atoms with Crippen LogP contribution in [-0.4, -0.2) is 36.0 Å². The fraction of sp³-hybridized carbons (Fsp3) is 0.533. The number of hydrogen-bond donors (Lipinski definition) is 2. The third-order valence-corrected chi connectivity index (χ3v) is 4.93. The van der Waals surface area contributed by atoms with Crippen molar-refractivity contribution in [3.05, 3.63) is 35.9 Å². The Morgan fingerprint density at radius 1 is 1.37 bits per heavy atom. The summed E-state index contributed by atoms with van der Waals surface area (Å²) in [5.74, 6) is 2.94. The summed E-state index contributed by atoms with van der Waals surface area (Å²) >= 11 is 1.93. The van der Waals surface area contributed by atoms with E-state index in [9.17, 15) is 4.79 Å². The SMILES string of the molecule is O=C(CC1CSCCN1)NC1CC1c1ccccc1. The highest BCUT2D eigenvalue weighted by Crippen LogP contribution is 2.40. The van der Waals surface area contributed by atoms with Gasteiger partial charge in [-0.1, -0.05) is 30.3 Å². The first kappa shape index (κ1) is 13.0. The van der Waals surface area contributed by atoms with Gasteiger partial charge in [0.2, 0.25) is 5.91 Å². The summed E-state index contributed by atoms with van der Waals surface area (Å²) < 4.78 is 0. The van der Waals surface area contributed by atoms with Crippen LogP contribution in [0.1, 0.15) is 24.3 Å². The maximum Gasteiger partial charge on any atom is 0.221 e. The Labute approximate surface area is 118 Å². The molecule has 3 atom stereocenters. The highest BCUT2D eigenvalue weighted by molar-refractivity contribution is 7.99. The second-order valence-electron chi connectivity index (χ2n) is 5.36. The van der Waals surface area contributed by atoms with Crippen molar-refractivity contribution in [1.82, 2.24) is 10.6 Å². The molecule has 1 saturated heterocycles. The van der Waals surface area contributed by atoms with Gasteiger partial charge in [-0.15, -0.1) is 0 Å². The number of rotatable bonds is 4. The van der Waals surface area contributed by atoms with Gasteiger partial charge in [-0.3, -0.25) is 4.79 Å². The molecule has 1 amide bonds. The zero-order valence-corrected chi connectivity index (χ0v) is 11.8. The van der Waals surface area contributed by atoms with Crippen molar-refractivity contribution in [2.24, 2.45) is 0 Å². The van der Waals surface area contributed by atoms with Crippen LogP contribution in [0.3, 0.4) is 0 Å². The first-order valence-electron chi connectivity index (χ1n) is 6.98. The molecule has 0 spiro atoms. The van der Waals surface area contributed by atoms with E-state index in [-0.39, 0.29) is 5.91 Å². The van der Waals surface area contributed by atoms with Crippen molar-refractivity contribution in [2.75, 3.05) is 18.1 Å². The minimum absolute atomic E-state index is 0.198. The minimum atomic E-state index is 0.198. The molecule has 1 saturated carbocycles. The molecule has 2 fully saturated rings. The molecule has 3 nitrogen and oxygen atoms in total. The molecule has 3 rings (SSSR count). The van der Waals surface area contributed by atoms with E-state index in [2.05, 4.69) is 34.9 Å². The summed E-state index contributed by atoms with van der Waals surface area (Å²) in [6, 6.07) is 11.2. The van der Waals surface area contributed by atoms with Gasteiger partial charge in [-0.2, -0.15) is 11.8 Å². The van der Waals surface area contributed by atoms with E-state index in [0.717, 1.165) is 24.5 Å². The lowest BCUT2D eigenvalue weighted by Crippen LogP contribution is -2.41. The quantitative estimate of drug-likeness (QED) is 0.880. The van der Waals surface area contributed by atoms with Gasteiger partial charge in [0.25, 0.3) is 0 Å². The van der Waals surface area contributed by atoms with Gasteiger partial charge in [0, 0.05) is 42.5 Å². The third-order valence-electron chi connectivity index (χ3n) is 3.79. The monoisotopic (exact) mass is 276 g/mol. The van der Waals surface area contributed by atoms with Crippen molar-refractivity contribution < 1.29 is 4.79 Å². The van der Waals surface area contributed by atoms with Gasteiger partial charge in [0.15, 0.2) is 0 Å². The van der Waals surface area contributed by atoms with Crippen LogP contribution < -0.4 is 10.6 Å². The van der Waals surface area contributed by atoms with Crippen LogP contribution in [0.25, 0.3) is 0 Å². The Balaban J connectivity index is 1.44. The molecule has 2 aliphatic rings. The van der Waals surface area contributed by atoms with Crippen LogP contribution in [0.5, 0.6) is 0 Å². The van der Waals surface area contributed by atoms with Crippen LogP contribution in [0.15, 0.2) is 30.3 Å². The van der Waals surface area contributed by atoms with Gasteiger partial charge < -0.3 is 10.6 Å². The fourth-order valence-corrected chi connectivity index (χ4v) is 3.61. The number of carbonyl (C=O) groups excluding carboxylic acids is 1. The summed E-state index contributed by atoms with van der Waals surface area (Å²) in [6.45, 7) is 1.03. The maximum atomic E-state index is 12.0. The second-order valence-corrected chi connectivity index (χ2v) is 6.51. The lowest BCUT2D eigenvalue weighted by molar-refractivity contribution is -0.121. The smallest absolute Gasteiger partial charge is 0.221 e. The van der Waals surface area contributed by atoms with Crippen LogP contribution in [-0.2, 0) is 4.79 Å². The highest BCUT2D eigenvalue weighted by atomic mass is 32.2. The molecule has 102 valence electrons. The van der Waals surface area contributed by atoms with E-state index in [0.29, 0.717) is 24.4 Å². The average molecular weight is 276 g/mol. The van der Waals surface area contributed by atoms with Gasteiger partial charge in [-0.05, 0) is 12.0 Å². The lowest BCUT2D eigenvalue weighted by Gasteiger charge is -2.22. The Morgan fingerprint density at radius 2 is 2.21 bits per heavy atom. The molecular formula is C15H20N2OS. The third kappa shape index (κ3) is 3.51. The van der Waals surface area contributed by atoms with Crippen molar-refractivity contribution in [1.29, 1.82) is 0 Å². The molecule has 0 radical (unpaired) electrons. The largest absolute Gasteiger partial charge is 0.353 e. The second kappa shape index (κ2) is 5.97. The highest BCUT2D eigenvalue weighted by Gasteiger charge is 2.39. The van der Waals surface area contributed by atoms with E-state index in [1.807, 2.05) is 17.8 Å². The first-order valence-corrected chi connectivity index (χ1v) is 8.14. The lowest BCUT2D eigenvalue weighted by atomic mass is 10.1. The van der Waals surface area contributed by atoms with Gasteiger partial charge in [0.05, 0.1) is 0 Å². The molecule has 1 aromatic carbocycles. The predicted octanol–water partition coefficient (Wildman–Crippen LogP) is 1.75. The molecule has 3 unspecified atom stereocenters. The minimum Gasteiger partial charge on any atom is -0.353 e. The van der Waals surface area contributed by atoms with Crippen molar-refractivity contribution in [3.63, 3.8) is 0 Å². The number of carbonyl (C=O) groups is 1. The Morgan fingerprint density at radius 3 is 2.95 bits per heavy atom. The van der Waals surface area contributed by atoms with Gasteiger partial charge in [0.1, 0.15) is 0 Å². The molecule has 0 bridgehead atoms. The Hall–Kier alpha value is -1.00. The topological polar surface area (TPSA) is 41.1 Å². The molecule has 1 aliphatic carbocycles. The molecule has 2 N–H and O–H groups in total. The summed E-state index contributed by atoms with van der Waals surface area (Å²) in [5.41, 5.74) is 1.35. The number of nitrogens with one attached hydrogen (secondary N) is 2. The van der Waals surface area contributed by atoms with E-state index in [1.54, 1.807) is 0 Å². The number of benzene rings is 1. The van der Waals surface area contributed by atoms with Crippen molar-refractivity contribution >= 4 is 17.7 Å².